The highest BCUT2D eigenvalue weighted by molar-refractivity contribution is 6.17. The summed E-state index contributed by atoms with van der Waals surface area (Å²) >= 11 is 0. The van der Waals surface area contributed by atoms with Crippen LogP contribution in [0.5, 0.6) is 0 Å². The Hall–Kier alpha value is -6.65. The van der Waals surface area contributed by atoms with Crippen molar-refractivity contribution in [3.8, 4) is 45.3 Å². The average Bonchev–Trinajstić information content (AvgIpc) is 3.56. The van der Waals surface area contributed by atoms with Crippen LogP contribution in [0.15, 0.2) is 168 Å². The van der Waals surface area contributed by atoms with Gasteiger partial charge in [0.1, 0.15) is 11.2 Å². The fraction of sp³-hybridized carbons (Fsp3) is 0. The maximum atomic E-state index is 6.45. The first kappa shape index (κ1) is 27.5. The van der Waals surface area contributed by atoms with Gasteiger partial charge in [-0.25, -0.2) is 15.0 Å². The molecule has 10 rings (SSSR count). The third-order valence-corrected chi connectivity index (χ3v) is 9.49. The van der Waals surface area contributed by atoms with E-state index < -0.39 is 0 Å². The summed E-state index contributed by atoms with van der Waals surface area (Å²) < 4.78 is 6.45. The lowest BCUT2D eigenvalue weighted by Gasteiger charge is -2.12. The van der Waals surface area contributed by atoms with E-state index in [1.54, 1.807) is 0 Å². The van der Waals surface area contributed by atoms with Gasteiger partial charge in [0.25, 0.3) is 0 Å². The predicted octanol–water partition coefficient (Wildman–Crippen LogP) is 11.9. The van der Waals surface area contributed by atoms with E-state index in [4.69, 9.17) is 19.4 Å². The molecule has 0 amide bonds. The van der Waals surface area contributed by atoms with Crippen LogP contribution in [0.2, 0.25) is 0 Å². The van der Waals surface area contributed by atoms with Crippen LogP contribution in [0, 0.1) is 0 Å². The summed E-state index contributed by atoms with van der Waals surface area (Å²) in [5, 5.41) is 9.49. The maximum absolute atomic E-state index is 6.45. The van der Waals surface area contributed by atoms with Crippen molar-refractivity contribution in [1.82, 2.24) is 15.0 Å². The molecule has 0 saturated carbocycles. The molecule has 0 aliphatic carbocycles. The highest BCUT2D eigenvalue weighted by atomic mass is 16.3. The van der Waals surface area contributed by atoms with E-state index >= 15 is 0 Å². The first-order valence-corrected chi connectivity index (χ1v) is 16.4. The van der Waals surface area contributed by atoms with E-state index in [1.807, 2.05) is 48.5 Å². The number of nitrogens with zero attached hydrogens (tertiary/aromatic N) is 3. The molecule has 0 saturated heterocycles. The van der Waals surface area contributed by atoms with Crippen LogP contribution in [0.25, 0.3) is 99.5 Å². The average molecular weight is 626 g/mol. The molecule has 49 heavy (non-hydrogen) atoms. The maximum Gasteiger partial charge on any atom is 0.164 e. The lowest BCUT2D eigenvalue weighted by Crippen LogP contribution is -2.00. The highest BCUT2D eigenvalue weighted by Gasteiger charge is 2.19. The molecule has 4 nitrogen and oxygen atoms in total. The Morgan fingerprint density at radius 1 is 0.327 bits per heavy atom. The Labute approximate surface area is 282 Å². The Morgan fingerprint density at radius 3 is 1.67 bits per heavy atom. The standard InChI is InChI=1S/C45H27N3O/c1-3-11-28(12-4-1)39-26-33(27-41-42(39)38-17-9-10-18-40(38)49-41)45-47-43(30-14-5-2-6-15-30)46-44(48-45)32-21-22-35-31(25-32)20-24-36-34-16-8-7-13-29(34)19-23-37(35)36/h1-27H. The Morgan fingerprint density at radius 2 is 0.898 bits per heavy atom. The number of benzene rings is 8. The normalized spacial score (nSPS) is 11.7. The van der Waals surface area contributed by atoms with Crippen molar-refractivity contribution in [2.45, 2.75) is 0 Å². The number of hydrogen-bond acceptors (Lipinski definition) is 4. The molecular formula is C45H27N3O. The number of rotatable bonds is 4. The number of aromatic nitrogens is 3. The van der Waals surface area contributed by atoms with E-state index in [2.05, 4.69) is 115 Å². The second kappa shape index (κ2) is 11.0. The largest absolute Gasteiger partial charge is 0.456 e. The second-order valence-electron chi connectivity index (χ2n) is 12.4. The molecule has 228 valence electrons. The molecule has 0 aliphatic rings. The molecule has 0 radical (unpaired) electrons. The molecule has 0 fully saturated rings. The summed E-state index contributed by atoms with van der Waals surface area (Å²) in [4.78, 5) is 15.2. The number of fused-ring (bicyclic) bond motifs is 8. The summed E-state index contributed by atoms with van der Waals surface area (Å²) in [5.41, 5.74) is 6.56. The van der Waals surface area contributed by atoms with Crippen molar-refractivity contribution in [2.24, 2.45) is 0 Å². The molecule has 0 spiro atoms. The monoisotopic (exact) mass is 625 g/mol. The molecule has 0 aliphatic heterocycles. The minimum atomic E-state index is 0.591. The van der Waals surface area contributed by atoms with Crippen molar-refractivity contribution in [3.63, 3.8) is 0 Å². The summed E-state index contributed by atoms with van der Waals surface area (Å²) in [6, 6.07) is 56.9. The minimum absolute atomic E-state index is 0.591. The van der Waals surface area contributed by atoms with Crippen molar-refractivity contribution in [2.75, 3.05) is 0 Å². The molecular weight excluding hydrogens is 599 g/mol. The number of furan rings is 1. The van der Waals surface area contributed by atoms with E-state index in [0.29, 0.717) is 17.5 Å². The van der Waals surface area contributed by atoms with Gasteiger partial charge in [-0.1, -0.05) is 140 Å². The van der Waals surface area contributed by atoms with Crippen LogP contribution in [0.3, 0.4) is 0 Å². The predicted molar refractivity (Wildman–Crippen MR) is 201 cm³/mol. The first-order valence-electron chi connectivity index (χ1n) is 16.4. The zero-order valence-corrected chi connectivity index (χ0v) is 26.3. The summed E-state index contributed by atoms with van der Waals surface area (Å²) in [6.07, 6.45) is 0. The molecule has 2 heterocycles. The van der Waals surface area contributed by atoms with Gasteiger partial charge >= 0.3 is 0 Å². The quantitative estimate of drug-likeness (QED) is 0.183. The summed E-state index contributed by atoms with van der Waals surface area (Å²) in [7, 11) is 0. The topological polar surface area (TPSA) is 51.8 Å². The van der Waals surface area contributed by atoms with Gasteiger partial charge in [-0.05, 0) is 67.7 Å². The third kappa shape index (κ3) is 4.57. The van der Waals surface area contributed by atoms with Crippen molar-refractivity contribution in [3.05, 3.63) is 164 Å². The fourth-order valence-corrected chi connectivity index (χ4v) is 7.15. The zero-order valence-electron chi connectivity index (χ0n) is 26.3. The molecule has 0 unspecified atom stereocenters. The Kier molecular flexibility index (Phi) is 6.15. The molecule has 0 atom stereocenters. The lowest BCUT2D eigenvalue weighted by molar-refractivity contribution is 0.669. The number of hydrogen-bond donors (Lipinski definition) is 0. The van der Waals surface area contributed by atoms with E-state index in [9.17, 15) is 0 Å². The van der Waals surface area contributed by atoms with Gasteiger partial charge in [0.2, 0.25) is 0 Å². The van der Waals surface area contributed by atoms with Gasteiger partial charge in [-0.15, -0.1) is 0 Å². The van der Waals surface area contributed by atoms with Crippen LogP contribution in [0.4, 0.5) is 0 Å². The van der Waals surface area contributed by atoms with Crippen LogP contribution >= 0.6 is 0 Å². The highest BCUT2D eigenvalue weighted by Crippen LogP contribution is 2.40. The van der Waals surface area contributed by atoms with E-state index in [1.165, 1.54) is 26.9 Å². The molecule has 8 aromatic carbocycles. The van der Waals surface area contributed by atoms with E-state index in [-0.39, 0.29) is 0 Å². The Bertz CT molecular complexity index is 2880. The van der Waals surface area contributed by atoms with Crippen LogP contribution < -0.4 is 0 Å². The van der Waals surface area contributed by atoms with E-state index in [0.717, 1.165) is 55.1 Å². The zero-order chi connectivity index (χ0) is 32.3. The molecule has 10 aromatic rings. The van der Waals surface area contributed by atoms with Gasteiger partial charge in [0, 0.05) is 27.5 Å². The molecule has 0 N–H and O–H groups in total. The SMILES string of the molecule is c1ccc(-c2nc(-c3ccc4c(ccc5c6ccccc6ccc45)c3)nc(-c3cc(-c4ccccc4)c4c(c3)oc3ccccc34)n2)cc1. The molecule has 2 aromatic heterocycles. The summed E-state index contributed by atoms with van der Waals surface area (Å²) in [5.74, 6) is 1.83. The van der Waals surface area contributed by atoms with Gasteiger partial charge < -0.3 is 4.42 Å². The van der Waals surface area contributed by atoms with Crippen molar-refractivity contribution >= 4 is 54.3 Å². The van der Waals surface area contributed by atoms with Crippen LogP contribution in [-0.2, 0) is 0 Å². The molecule has 0 bridgehead atoms. The van der Waals surface area contributed by atoms with Gasteiger partial charge in [-0.3, -0.25) is 0 Å². The van der Waals surface area contributed by atoms with Crippen LogP contribution in [-0.4, -0.2) is 15.0 Å². The summed E-state index contributed by atoms with van der Waals surface area (Å²) in [6.45, 7) is 0. The van der Waals surface area contributed by atoms with Crippen molar-refractivity contribution < 1.29 is 4.42 Å². The first-order chi connectivity index (χ1) is 24.3. The second-order valence-corrected chi connectivity index (χ2v) is 12.4. The van der Waals surface area contributed by atoms with Gasteiger partial charge in [0.05, 0.1) is 0 Å². The number of para-hydroxylation sites is 1. The van der Waals surface area contributed by atoms with Crippen molar-refractivity contribution in [1.29, 1.82) is 0 Å². The molecule has 4 heteroatoms. The smallest absolute Gasteiger partial charge is 0.164 e. The fourth-order valence-electron chi connectivity index (χ4n) is 7.15. The Balaban J connectivity index is 1.19. The van der Waals surface area contributed by atoms with Crippen LogP contribution in [0.1, 0.15) is 0 Å². The van der Waals surface area contributed by atoms with Gasteiger partial charge in [-0.2, -0.15) is 0 Å². The third-order valence-electron chi connectivity index (χ3n) is 9.49. The van der Waals surface area contributed by atoms with Gasteiger partial charge in [0.15, 0.2) is 17.5 Å². The lowest BCUT2D eigenvalue weighted by atomic mass is 9.96. The minimum Gasteiger partial charge on any atom is -0.456 e.